The van der Waals surface area contributed by atoms with E-state index in [0.717, 1.165) is 31.4 Å². The van der Waals surface area contributed by atoms with Crippen LogP contribution >= 0.6 is 0 Å². The molecule has 1 rings (SSSR count). The Bertz CT molecular complexity index is 286. The second-order valence-corrected chi connectivity index (χ2v) is 4.30. The molecule has 0 radical (unpaired) electrons. The fourth-order valence-electron chi connectivity index (χ4n) is 2.11. The Balaban J connectivity index is 2.76. The van der Waals surface area contributed by atoms with Crippen LogP contribution in [0.4, 0.5) is 4.79 Å². The van der Waals surface area contributed by atoms with Crippen molar-refractivity contribution in [3.05, 3.63) is 12.7 Å². The zero-order chi connectivity index (χ0) is 11.3. The van der Waals surface area contributed by atoms with E-state index in [-0.39, 0.29) is 5.41 Å². The minimum Gasteiger partial charge on any atom is -0.350 e. The number of nitrogens with zero attached hydrogens (tertiary/aromatic N) is 1. The molecule has 3 N–H and O–H groups in total. The Labute approximate surface area is 90.6 Å². The van der Waals surface area contributed by atoms with Crippen LogP contribution < -0.4 is 11.2 Å². The predicted octanol–water partition coefficient (Wildman–Crippen LogP) is 2.17. The number of carbonyl (C=O) groups is 1. The van der Waals surface area contributed by atoms with E-state index in [1.165, 1.54) is 6.42 Å². The summed E-state index contributed by atoms with van der Waals surface area (Å²) in [6, 6.07) is -0.603. The maximum absolute atomic E-state index is 10.6. The minimum absolute atomic E-state index is 0.0441. The molecule has 15 heavy (non-hydrogen) atoms. The third-order valence-electron chi connectivity index (χ3n) is 2.98. The molecule has 4 heteroatoms. The summed E-state index contributed by atoms with van der Waals surface area (Å²) in [4.78, 5) is 10.6. The number of carbonyl (C=O) groups excluding carboxylic acids is 1. The van der Waals surface area contributed by atoms with Gasteiger partial charge in [-0.3, -0.25) is 0 Å². The van der Waals surface area contributed by atoms with Crippen molar-refractivity contribution in [2.45, 2.75) is 39.0 Å². The fraction of sp³-hybridized carbons (Fsp3) is 0.636. The summed E-state index contributed by atoms with van der Waals surface area (Å²) in [6.07, 6.45) is 7.17. The quantitative estimate of drug-likeness (QED) is 0.543. The van der Waals surface area contributed by atoms with E-state index in [0.29, 0.717) is 0 Å². The number of hydrogen-bond acceptors (Lipinski definition) is 2. The van der Waals surface area contributed by atoms with E-state index >= 15 is 0 Å². The first-order chi connectivity index (χ1) is 7.08. The van der Waals surface area contributed by atoms with Gasteiger partial charge in [0.2, 0.25) is 0 Å². The Morgan fingerprint density at radius 1 is 1.73 bits per heavy atom. The number of amides is 2. The lowest BCUT2D eigenvalue weighted by molar-refractivity contribution is 0.249. The van der Waals surface area contributed by atoms with E-state index in [2.05, 4.69) is 24.0 Å². The van der Waals surface area contributed by atoms with Crippen molar-refractivity contribution in [1.82, 2.24) is 5.43 Å². The van der Waals surface area contributed by atoms with Gasteiger partial charge in [-0.1, -0.05) is 19.4 Å². The summed E-state index contributed by atoms with van der Waals surface area (Å²) < 4.78 is 0. The number of hydrazone groups is 1. The molecule has 4 nitrogen and oxygen atoms in total. The molecule has 1 fully saturated rings. The predicted molar refractivity (Wildman–Crippen MR) is 61.5 cm³/mol. The first-order valence-corrected chi connectivity index (χ1v) is 5.32. The van der Waals surface area contributed by atoms with Crippen LogP contribution in [0, 0.1) is 5.41 Å². The lowest BCUT2D eigenvalue weighted by Crippen LogP contribution is -2.34. The molecule has 0 aromatic carbocycles. The molecule has 0 aliphatic heterocycles. The molecule has 0 unspecified atom stereocenters. The highest BCUT2D eigenvalue weighted by Gasteiger charge is 2.32. The minimum atomic E-state index is -0.603. The van der Waals surface area contributed by atoms with Gasteiger partial charge in [-0.2, -0.15) is 5.10 Å². The maximum atomic E-state index is 10.6. The molecule has 0 aromatic rings. The maximum Gasteiger partial charge on any atom is 0.332 e. The third kappa shape index (κ3) is 3.08. The standard InChI is InChI=1S/C11H19N3O/c1-3-7-11(2)8-5-4-6-9(11)13-14-10(12)15/h3H,1,4-8H2,2H3,(H3,12,14,15)/b13-9+/t11-/m1/s1. The Morgan fingerprint density at radius 2 is 2.47 bits per heavy atom. The molecular formula is C11H19N3O. The summed E-state index contributed by atoms with van der Waals surface area (Å²) in [5.41, 5.74) is 8.39. The first-order valence-electron chi connectivity index (χ1n) is 5.32. The normalized spacial score (nSPS) is 28.7. The second kappa shape index (κ2) is 4.96. The molecule has 1 aliphatic rings. The molecule has 1 saturated carbocycles. The topological polar surface area (TPSA) is 67.5 Å². The Hall–Kier alpha value is -1.32. The van der Waals surface area contributed by atoms with E-state index in [9.17, 15) is 4.79 Å². The zero-order valence-electron chi connectivity index (χ0n) is 9.25. The van der Waals surface area contributed by atoms with Crippen molar-refractivity contribution < 1.29 is 4.79 Å². The van der Waals surface area contributed by atoms with E-state index in [4.69, 9.17) is 5.73 Å². The summed E-state index contributed by atoms with van der Waals surface area (Å²) in [5, 5.41) is 4.10. The number of nitrogens with two attached hydrogens (primary N) is 1. The van der Waals surface area contributed by atoms with Crippen LogP contribution in [-0.4, -0.2) is 11.7 Å². The largest absolute Gasteiger partial charge is 0.350 e. The van der Waals surface area contributed by atoms with Gasteiger partial charge >= 0.3 is 6.03 Å². The average Bonchev–Trinajstić information content (AvgIpc) is 2.16. The van der Waals surface area contributed by atoms with Crippen LogP contribution in [0.15, 0.2) is 17.8 Å². The first kappa shape index (κ1) is 11.8. The molecule has 0 saturated heterocycles. The summed E-state index contributed by atoms with van der Waals surface area (Å²) in [6.45, 7) is 5.92. The van der Waals surface area contributed by atoms with E-state index in [1.807, 2.05) is 6.08 Å². The molecule has 1 aliphatic carbocycles. The van der Waals surface area contributed by atoms with Crippen molar-refractivity contribution in [2.75, 3.05) is 0 Å². The summed E-state index contributed by atoms with van der Waals surface area (Å²) >= 11 is 0. The summed E-state index contributed by atoms with van der Waals surface area (Å²) in [7, 11) is 0. The van der Waals surface area contributed by atoms with Gasteiger partial charge in [0.15, 0.2) is 0 Å². The monoisotopic (exact) mass is 209 g/mol. The molecular weight excluding hydrogens is 190 g/mol. The number of rotatable bonds is 3. The van der Waals surface area contributed by atoms with E-state index < -0.39 is 6.03 Å². The zero-order valence-corrected chi connectivity index (χ0v) is 9.25. The van der Waals surface area contributed by atoms with Crippen molar-refractivity contribution in [2.24, 2.45) is 16.3 Å². The highest BCUT2D eigenvalue weighted by Crippen LogP contribution is 2.36. The number of allylic oxidation sites excluding steroid dienone is 1. The highest BCUT2D eigenvalue weighted by molar-refractivity contribution is 5.91. The number of primary amides is 1. The molecule has 0 spiro atoms. The van der Waals surface area contributed by atoms with Crippen LogP contribution in [-0.2, 0) is 0 Å². The van der Waals surface area contributed by atoms with E-state index in [1.54, 1.807) is 0 Å². The average molecular weight is 209 g/mol. The van der Waals surface area contributed by atoms with Gasteiger partial charge in [-0.15, -0.1) is 6.58 Å². The molecule has 0 bridgehead atoms. The van der Waals surface area contributed by atoms with Crippen molar-refractivity contribution in [3.63, 3.8) is 0 Å². The van der Waals surface area contributed by atoms with Gasteiger partial charge in [-0.25, -0.2) is 10.2 Å². The second-order valence-electron chi connectivity index (χ2n) is 4.30. The molecule has 0 heterocycles. The summed E-state index contributed by atoms with van der Waals surface area (Å²) in [5.74, 6) is 0. The van der Waals surface area contributed by atoms with Gasteiger partial charge in [-0.05, 0) is 25.7 Å². The number of nitrogens with one attached hydrogen (secondary N) is 1. The SMILES string of the molecule is C=CC[C@]1(C)CCCC/C1=N\NC(N)=O. The lowest BCUT2D eigenvalue weighted by atomic mass is 9.72. The van der Waals surface area contributed by atoms with Crippen molar-refractivity contribution in [1.29, 1.82) is 0 Å². The number of hydrogen-bond donors (Lipinski definition) is 2. The molecule has 84 valence electrons. The lowest BCUT2D eigenvalue weighted by Gasteiger charge is -2.34. The van der Waals surface area contributed by atoms with Crippen molar-refractivity contribution in [3.8, 4) is 0 Å². The van der Waals surface area contributed by atoms with Crippen LogP contribution in [0.25, 0.3) is 0 Å². The smallest absolute Gasteiger partial charge is 0.332 e. The van der Waals surface area contributed by atoms with Gasteiger partial charge in [0.1, 0.15) is 0 Å². The fourth-order valence-corrected chi connectivity index (χ4v) is 2.11. The molecule has 1 atom stereocenters. The highest BCUT2D eigenvalue weighted by atomic mass is 16.2. The van der Waals surface area contributed by atoms with Crippen LogP contribution in [0.1, 0.15) is 39.0 Å². The Kier molecular flexibility index (Phi) is 3.88. The van der Waals surface area contributed by atoms with Gasteiger partial charge < -0.3 is 5.73 Å². The van der Waals surface area contributed by atoms with Gasteiger partial charge in [0.25, 0.3) is 0 Å². The van der Waals surface area contributed by atoms with Crippen LogP contribution in [0.2, 0.25) is 0 Å². The van der Waals surface area contributed by atoms with Gasteiger partial charge in [0, 0.05) is 11.1 Å². The van der Waals surface area contributed by atoms with Crippen LogP contribution in [0.3, 0.4) is 0 Å². The Morgan fingerprint density at radius 3 is 3.07 bits per heavy atom. The number of urea groups is 1. The molecule has 0 aromatic heterocycles. The van der Waals surface area contributed by atoms with Gasteiger partial charge in [0.05, 0.1) is 0 Å². The third-order valence-corrected chi connectivity index (χ3v) is 2.98. The molecule has 2 amide bonds. The van der Waals surface area contributed by atoms with Crippen molar-refractivity contribution >= 4 is 11.7 Å². The van der Waals surface area contributed by atoms with Crippen LogP contribution in [0.5, 0.6) is 0 Å².